The van der Waals surface area contributed by atoms with Crippen molar-refractivity contribution in [1.82, 2.24) is 19.9 Å². The second-order valence-electron chi connectivity index (χ2n) is 6.67. The lowest BCUT2D eigenvalue weighted by atomic mass is 10.1. The molecule has 3 heterocycles. The normalized spacial score (nSPS) is 19.8. The van der Waals surface area contributed by atoms with Crippen molar-refractivity contribution < 1.29 is 5.11 Å². The minimum atomic E-state index is 0.250. The van der Waals surface area contributed by atoms with Crippen LogP contribution in [0, 0.1) is 12.8 Å². The zero-order chi connectivity index (χ0) is 18.1. The Morgan fingerprint density at radius 3 is 2.88 bits per heavy atom. The summed E-state index contributed by atoms with van der Waals surface area (Å²) < 4.78 is 1.10. The molecule has 3 N–H and O–H groups in total. The van der Waals surface area contributed by atoms with Gasteiger partial charge in [0.05, 0.1) is 22.2 Å². The van der Waals surface area contributed by atoms with E-state index in [-0.39, 0.29) is 6.61 Å². The highest BCUT2D eigenvalue weighted by atomic mass is 32.1. The van der Waals surface area contributed by atoms with Crippen molar-refractivity contribution in [2.75, 3.05) is 24.3 Å². The summed E-state index contributed by atoms with van der Waals surface area (Å²) in [6.45, 7) is 2.24. The van der Waals surface area contributed by atoms with Crippen LogP contribution in [-0.2, 0) is 0 Å². The van der Waals surface area contributed by atoms with Gasteiger partial charge < -0.3 is 15.7 Å². The number of nitrogens with one attached hydrogen (secondary N) is 2. The monoisotopic (exact) mass is 370 g/mol. The van der Waals surface area contributed by atoms with Crippen molar-refractivity contribution >= 4 is 33.3 Å². The maximum Gasteiger partial charge on any atom is 0.224 e. The zero-order valence-corrected chi connectivity index (χ0v) is 15.7. The largest absolute Gasteiger partial charge is 0.396 e. The molecule has 0 saturated heterocycles. The van der Waals surface area contributed by atoms with Crippen LogP contribution < -0.4 is 10.6 Å². The Hall–Kier alpha value is -2.32. The Balaban J connectivity index is 1.75. The van der Waals surface area contributed by atoms with Crippen molar-refractivity contribution in [3.63, 3.8) is 0 Å². The number of anilines is 2. The van der Waals surface area contributed by atoms with Gasteiger partial charge in [-0.05, 0) is 38.2 Å². The number of thiazole rings is 1. The Labute approximate surface area is 155 Å². The molecule has 136 valence electrons. The van der Waals surface area contributed by atoms with E-state index in [4.69, 9.17) is 4.98 Å². The molecule has 0 aromatic carbocycles. The molecule has 0 bridgehead atoms. The molecule has 1 aliphatic carbocycles. The molecule has 2 unspecified atom stereocenters. The van der Waals surface area contributed by atoms with Gasteiger partial charge in [-0.15, -0.1) is 11.3 Å². The molecule has 1 fully saturated rings. The molecule has 26 heavy (non-hydrogen) atoms. The van der Waals surface area contributed by atoms with Crippen LogP contribution in [0.4, 0.5) is 11.8 Å². The van der Waals surface area contributed by atoms with Gasteiger partial charge in [-0.3, -0.25) is 4.98 Å². The predicted octanol–water partition coefficient (Wildman–Crippen LogP) is 3.07. The molecule has 7 nitrogen and oxygen atoms in total. The average Bonchev–Trinajstić information content (AvgIpc) is 3.27. The van der Waals surface area contributed by atoms with Crippen molar-refractivity contribution in [1.29, 1.82) is 0 Å². The van der Waals surface area contributed by atoms with Gasteiger partial charge in [0.25, 0.3) is 0 Å². The lowest BCUT2D eigenvalue weighted by Gasteiger charge is -2.18. The molecule has 0 radical (unpaired) electrons. The Morgan fingerprint density at radius 2 is 2.15 bits per heavy atom. The van der Waals surface area contributed by atoms with Gasteiger partial charge in [0.15, 0.2) is 0 Å². The highest BCUT2D eigenvalue weighted by molar-refractivity contribution is 7.21. The number of fused-ring (bicyclic) bond motifs is 1. The van der Waals surface area contributed by atoms with E-state index in [0.717, 1.165) is 51.6 Å². The summed E-state index contributed by atoms with van der Waals surface area (Å²) in [5.41, 5.74) is 2.71. The van der Waals surface area contributed by atoms with Gasteiger partial charge >= 0.3 is 0 Å². The minimum Gasteiger partial charge on any atom is -0.396 e. The van der Waals surface area contributed by atoms with Gasteiger partial charge in [0.2, 0.25) is 5.95 Å². The molecule has 0 amide bonds. The summed E-state index contributed by atoms with van der Waals surface area (Å²) in [6, 6.07) is 2.28. The van der Waals surface area contributed by atoms with Gasteiger partial charge in [-0.2, -0.15) is 4.98 Å². The van der Waals surface area contributed by atoms with Crippen molar-refractivity contribution in [3.8, 4) is 10.6 Å². The molecule has 0 spiro atoms. The van der Waals surface area contributed by atoms with E-state index in [1.54, 1.807) is 23.7 Å². The third kappa shape index (κ3) is 3.22. The number of hydrogen-bond acceptors (Lipinski definition) is 8. The summed E-state index contributed by atoms with van der Waals surface area (Å²) in [4.78, 5) is 18.1. The van der Waals surface area contributed by atoms with Crippen molar-refractivity contribution in [3.05, 3.63) is 24.2 Å². The van der Waals surface area contributed by atoms with E-state index < -0.39 is 0 Å². The summed E-state index contributed by atoms with van der Waals surface area (Å²) in [5.74, 6) is 1.77. The van der Waals surface area contributed by atoms with Gasteiger partial charge in [0.1, 0.15) is 16.3 Å². The van der Waals surface area contributed by atoms with Crippen LogP contribution in [0.5, 0.6) is 0 Å². The highest BCUT2D eigenvalue weighted by Gasteiger charge is 2.26. The number of hydrogen-bond donors (Lipinski definition) is 3. The third-order valence-electron chi connectivity index (χ3n) is 4.86. The molecule has 8 heteroatoms. The molecule has 3 aromatic rings. The maximum atomic E-state index is 9.41. The number of aliphatic hydroxyl groups is 1. The smallest absolute Gasteiger partial charge is 0.224 e. The quantitative estimate of drug-likeness (QED) is 0.635. The lowest BCUT2D eigenvalue weighted by Crippen LogP contribution is -2.19. The second kappa shape index (κ2) is 7.13. The van der Waals surface area contributed by atoms with E-state index in [1.807, 2.05) is 20.0 Å². The number of aliphatic hydroxyl groups excluding tert-OH is 1. The fraction of sp³-hybridized carbons (Fsp3) is 0.444. The topological polar surface area (TPSA) is 95.9 Å². The Bertz CT molecular complexity index is 894. The molecule has 3 aromatic heterocycles. The first kappa shape index (κ1) is 17.1. The fourth-order valence-corrected chi connectivity index (χ4v) is 4.53. The number of pyridine rings is 1. The molecule has 0 aliphatic heterocycles. The summed E-state index contributed by atoms with van der Waals surface area (Å²) >= 11 is 1.62. The first-order chi connectivity index (χ1) is 12.7. The predicted molar refractivity (Wildman–Crippen MR) is 105 cm³/mol. The van der Waals surface area contributed by atoms with Crippen LogP contribution in [0.3, 0.4) is 0 Å². The third-order valence-corrected chi connectivity index (χ3v) is 5.91. The van der Waals surface area contributed by atoms with Crippen LogP contribution >= 0.6 is 11.3 Å². The van der Waals surface area contributed by atoms with Crippen LogP contribution in [-0.4, -0.2) is 44.7 Å². The lowest BCUT2D eigenvalue weighted by molar-refractivity contribution is 0.229. The van der Waals surface area contributed by atoms with Gasteiger partial charge in [-0.1, -0.05) is 0 Å². The first-order valence-corrected chi connectivity index (χ1v) is 9.64. The fourth-order valence-electron chi connectivity index (χ4n) is 3.50. The molecule has 4 rings (SSSR count). The van der Waals surface area contributed by atoms with Crippen LogP contribution in [0.2, 0.25) is 0 Å². The number of aromatic nitrogens is 4. The number of rotatable bonds is 5. The van der Waals surface area contributed by atoms with Crippen molar-refractivity contribution in [2.24, 2.45) is 5.92 Å². The van der Waals surface area contributed by atoms with Crippen LogP contribution in [0.25, 0.3) is 20.8 Å². The van der Waals surface area contributed by atoms with Crippen LogP contribution in [0.15, 0.2) is 18.5 Å². The average molecular weight is 370 g/mol. The van der Waals surface area contributed by atoms with E-state index in [2.05, 4.69) is 25.6 Å². The van der Waals surface area contributed by atoms with E-state index >= 15 is 0 Å². The standard InChI is InChI=1S/C18H22N6OS/c1-10-15(17-23-13-8-20-6-5-14(13)26-17)16(24-18(19-2)21-10)22-12-4-3-11(7-12)9-25/h5-6,8,11-12,25H,3-4,7,9H2,1-2H3,(H2,19,21,22,24). The maximum absolute atomic E-state index is 9.41. The SMILES string of the molecule is CNc1nc(C)c(-c2nc3cnccc3s2)c(NC2CCC(CO)C2)n1. The molecule has 2 atom stereocenters. The molecule has 1 saturated carbocycles. The summed E-state index contributed by atoms with van der Waals surface area (Å²) in [6.07, 6.45) is 6.59. The zero-order valence-electron chi connectivity index (χ0n) is 14.9. The van der Waals surface area contributed by atoms with Gasteiger partial charge in [0, 0.05) is 25.9 Å². The second-order valence-corrected chi connectivity index (χ2v) is 7.70. The van der Waals surface area contributed by atoms with Gasteiger partial charge in [-0.25, -0.2) is 9.97 Å². The number of nitrogens with zero attached hydrogens (tertiary/aromatic N) is 4. The summed E-state index contributed by atoms with van der Waals surface area (Å²) in [5, 5.41) is 16.9. The van der Waals surface area contributed by atoms with E-state index in [0.29, 0.717) is 17.9 Å². The van der Waals surface area contributed by atoms with Crippen molar-refractivity contribution in [2.45, 2.75) is 32.2 Å². The van der Waals surface area contributed by atoms with E-state index in [1.165, 1.54) is 0 Å². The first-order valence-electron chi connectivity index (χ1n) is 8.82. The molecular weight excluding hydrogens is 348 g/mol. The number of aryl methyl sites for hydroxylation is 1. The minimum absolute atomic E-state index is 0.250. The highest BCUT2D eigenvalue weighted by Crippen LogP contribution is 2.37. The van der Waals surface area contributed by atoms with Crippen LogP contribution in [0.1, 0.15) is 25.0 Å². The molecular formula is C18H22N6OS. The molecule has 1 aliphatic rings. The Morgan fingerprint density at radius 1 is 1.27 bits per heavy atom. The Kier molecular flexibility index (Phi) is 4.69. The van der Waals surface area contributed by atoms with E-state index in [9.17, 15) is 5.11 Å². The summed E-state index contributed by atoms with van der Waals surface area (Å²) in [7, 11) is 1.82.